The number of carbonyl (C=O) groups is 1. The van der Waals surface area contributed by atoms with Crippen LogP contribution in [0.5, 0.6) is 0 Å². The molecule has 13 heavy (non-hydrogen) atoms. The van der Waals surface area contributed by atoms with E-state index in [0.717, 1.165) is 6.21 Å². The minimum atomic E-state index is -1.04. The first kappa shape index (κ1) is 9.73. The molecule has 1 aromatic carbocycles. The van der Waals surface area contributed by atoms with Crippen LogP contribution in [0.3, 0.4) is 0 Å². The molecular formula is C8H7BrN2O2. The van der Waals surface area contributed by atoms with Gasteiger partial charge in [-0.15, -0.1) is 0 Å². The van der Waals surface area contributed by atoms with Crippen molar-refractivity contribution in [2.75, 3.05) is 5.73 Å². The van der Waals surface area contributed by atoms with Gasteiger partial charge in [-0.2, -0.15) is 0 Å². The maximum absolute atomic E-state index is 10.6. The first-order valence-corrected chi connectivity index (χ1v) is 4.18. The number of nitrogens with one attached hydrogen (secondary N) is 1. The summed E-state index contributed by atoms with van der Waals surface area (Å²) in [6, 6.07) is 2.74. The van der Waals surface area contributed by atoms with Crippen molar-refractivity contribution in [2.24, 2.45) is 0 Å². The lowest BCUT2D eigenvalue weighted by Crippen LogP contribution is -2.01. The SMILES string of the molecule is N=Cc1c(N)cc(C(=O)O)cc1Br. The third kappa shape index (κ3) is 1.86. The number of halogens is 1. The molecule has 0 radical (unpaired) electrons. The quantitative estimate of drug-likeness (QED) is 0.546. The highest BCUT2D eigenvalue weighted by molar-refractivity contribution is 9.10. The van der Waals surface area contributed by atoms with Crippen molar-refractivity contribution < 1.29 is 9.90 Å². The number of nitrogen functional groups attached to an aromatic ring is 1. The van der Waals surface area contributed by atoms with Gasteiger partial charge in [-0.3, -0.25) is 0 Å². The summed E-state index contributed by atoms with van der Waals surface area (Å²) in [7, 11) is 0. The number of hydrogen-bond acceptors (Lipinski definition) is 3. The first-order chi connectivity index (χ1) is 6.06. The summed E-state index contributed by atoms with van der Waals surface area (Å²) >= 11 is 3.13. The maximum atomic E-state index is 10.6. The number of aromatic carboxylic acids is 1. The Kier molecular flexibility index (Phi) is 2.67. The molecule has 68 valence electrons. The lowest BCUT2D eigenvalue weighted by atomic mass is 10.1. The van der Waals surface area contributed by atoms with Crippen LogP contribution in [0.25, 0.3) is 0 Å². The zero-order valence-corrected chi connectivity index (χ0v) is 8.13. The molecule has 0 fully saturated rings. The predicted octanol–water partition coefficient (Wildman–Crippen LogP) is 1.73. The van der Waals surface area contributed by atoms with Gasteiger partial charge in [0.1, 0.15) is 0 Å². The molecule has 5 heteroatoms. The number of carboxylic acids is 1. The van der Waals surface area contributed by atoms with Crippen LogP contribution in [0.2, 0.25) is 0 Å². The third-order valence-corrected chi connectivity index (χ3v) is 2.21. The molecule has 0 atom stereocenters. The second-order valence-electron chi connectivity index (χ2n) is 2.41. The molecule has 0 heterocycles. The molecule has 0 saturated heterocycles. The van der Waals surface area contributed by atoms with Crippen molar-refractivity contribution in [3.05, 3.63) is 27.7 Å². The summed E-state index contributed by atoms with van der Waals surface area (Å²) in [6.45, 7) is 0. The Labute approximate surface area is 83.0 Å². The van der Waals surface area contributed by atoms with E-state index < -0.39 is 5.97 Å². The van der Waals surface area contributed by atoms with E-state index in [2.05, 4.69) is 15.9 Å². The number of rotatable bonds is 2. The van der Waals surface area contributed by atoms with E-state index in [1.54, 1.807) is 0 Å². The molecular weight excluding hydrogens is 236 g/mol. The van der Waals surface area contributed by atoms with E-state index in [1.165, 1.54) is 12.1 Å². The smallest absolute Gasteiger partial charge is 0.335 e. The zero-order valence-electron chi connectivity index (χ0n) is 6.54. The molecule has 4 nitrogen and oxygen atoms in total. The second-order valence-corrected chi connectivity index (χ2v) is 3.26. The van der Waals surface area contributed by atoms with Crippen molar-refractivity contribution in [1.82, 2.24) is 0 Å². The lowest BCUT2D eigenvalue weighted by molar-refractivity contribution is 0.0697. The van der Waals surface area contributed by atoms with Gasteiger partial charge in [0.05, 0.1) is 5.56 Å². The summed E-state index contributed by atoms with van der Waals surface area (Å²) in [5.41, 5.74) is 6.40. The summed E-state index contributed by atoms with van der Waals surface area (Å²) < 4.78 is 0.514. The minimum absolute atomic E-state index is 0.106. The van der Waals surface area contributed by atoms with Crippen molar-refractivity contribution in [3.8, 4) is 0 Å². The van der Waals surface area contributed by atoms with Crippen molar-refractivity contribution in [1.29, 1.82) is 5.41 Å². The number of benzene rings is 1. The summed E-state index contributed by atoms with van der Waals surface area (Å²) in [6.07, 6.45) is 1.07. The Bertz CT molecular complexity index is 353. The van der Waals surface area contributed by atoms with Crippen LogP contribution in [0.4, 0.5) is 5.69 Å². The summed E-state index contributed by atoms with van der Waals surface area (Å²) in [4.78, 5) is 10.6. The van der Waals surface area contributed by atoms with Gasteiger partial charge in [0.15, 0.2) is 0 Å². The van der Waals surface area contributed by atoms with Gasteiger partial charge in [-0.1, -0.05) is 15.9 Å². The van der Waals surface area contributed by atoms with Gasteiger partial charge in [0.25, 0.3) is 0 Å². The van der Waals surface area contributed by atoms with Crippen LogP contribution in [0, 0.1) is 5.41 Å². The van der Waals surface area contributed by atoms with Gasteiger partial charge in [0, 0.05) is 21.9 Å². The van der Waals surface area contributed by atoms with Crippen LogP contribution in [-0.2, 0) is 0 Å². The fraction of sp³-hybridized carbons (Fsp3) is 0. The molecule has 0 amide bonds. The van der Waals surface area contributed by atoms with E-state index in [0.29, 0.717) is 10.0 Å². The van der Waals surface area contributed by atoms with Crippen LogP contribution < -0.4 is 5.73 Å². The van der Waals surface area contributed by atoms with E-state index in [4.69, 9.17) is 16.2 Å². The van der Waals surface area contributed by atoms with Gasteiger partial charge in [-0.25, -0.2) is 4.79 Å². The van der Waals surface area contributed by atoms with Gasteiger partial charge in [-0.05, 0) is 12.1 Å². The summed E-state index contributed by atoms with van der Waals surface area (Å²) in [5, 5.41) is 15.7. The highest BCUT2D eigenvalue weighted by Crippen LogP contribution is 2.23. The van der Waals surface area contributed by atoms with Crippen molar-refractivity contribution in [2.45, 2.75) is 0 Å². The Hall–Kier alpha value is -1.36. The van der Waals surface area contributed by atoms with Crippen LogP contribution in [0.1, 0.15) is 15.9 Å². The molecule has 0 bridgehead atoms. The van der Waals surface area contributed by atoms with Crippen molar-refractivity contribution in [3.63, 3.8) is 0 Å². The molecule has 0 saturated carbocycles. The molecule has 1 aromatic rings. The van der Waals surface area contributed by atoms with Gasteiger partial charge in [0.2, 0.25) is 0 Å². The average Bonchev–Trinajstić information content (AvgIpc) is 2.03. The normalized spacial score (nSPS) is 9.62. The van der Waals surface area contributed by atoms with Crippen LogP contribution >= 0.6 is 15.9 Å². The van der Waals surface area contributed by atoms with E-state index in [-0.39, 0.29) is 11.3 Å². The Morgan fingerprint density at radius 3 is 2.62 bits per heavy atom. The van der Waals surface area contributed by atoms with Crippen molar-refractivity contribution >= 4 is 33.8 Å². The Morgan fingerprint density at radius 2 is 2.23 bits per heavy atom. The topological polar surface area (TPSA) is 87.2 Å². The van der Waals surface area contributed by atoms with E-state index in [9.17, 15) is 4.79 Å². The van der Waals surface area contributed by atoms with Crippen LogP contribution in [-0.4, -0.2) is 17.3 Å². The molecule has 1 rings (SSSR count). The predicted molar refractivity (Wildman–Crippen MR) is 53.4 cm³/mol. The number of carboxylic acid groups (broad SMARTS) is 1. The lowest BCUT2D eigenvalue weighted by Gasteiger charge is -2.04. The first-order valence-electron chi connectivity index (χ1n) is 3.39. The molecule has 0 aliphatic rings. The highest BCUT2D eigenvalue weighted by Gasteiger charge is 2.08. The van der Waals surface area contributed by atoms with Crippen LogP contribution in [0.15, 0.2) is 16.6 Å². The average molecular weight is 243 g/mol. The second kappa shape index (κ2) is 3.57. The number of anilines is 1. The third-order valence-electron chi connectivity index (χ3n) is 1.55. The largest absolute Gasteiger partial charge is 0.478 e. The Morgan fingerprint density at radius 1 is 1.62 bits per heavy atom. The molecule has 4 N–H and O–H groups in total. The molecule has 0 aliphatic heterocycles. The van der Waals surface area contributed by atoms with E-state index >= 15 is 0 Å². The number of nitrogens with two attached hydrogens (primary N) is 1. The fourth-order valence-electron chi connectivity index (χ4n) is 0.915. The van der Waals surface area contributed by atoms with E-state index in [1.807, 2.05) is 0 Å². The minimum Gasteiger partial charge on any atom is -0.478 e. The monoisotopic (exact) mass is 242 g/mol. The zero-order chi connectivity index (χ0) is 10.0. The highest BCUT2D eigenvalue weighted by atomic mass is 79.9. The molecule has 0 unspecified atom stereocenters. The fourth-order valence-corrected chi connectivity index (χ4v) is 1.50. The van der Waals surface area contributed by atoms with Gasteiger partial charge >= 0.3 is 5.97 Å². The Balaban J connectivity index is 3.36. The summed E-state index contributed by atoms with van der Waals surface area (Å²) in [5.74, 6) is -1.04. The maximum Gasteiger partial charge on any atom is 0.335 e. The van der Waals surface area contributed by atoms with Gasteiger partial charge < -0.3 is 16.2 Å². The standard InChI is InChI=1S/C8H7BrN2O2/c9-6-1-4(8(12)13)2-7(11)5(6)3-10/h1-3,10H,11H2,(H,12,13). The molecule has 0 aromatic heterocycles. The molecule has 0 aliphatic carbocycles. The molecule has 0 spiro atoms. The number of hydrogen-bond donors (Lipinski definition) is 3.